The Morgan fingerprint density at radius 2 is 2.09 bits per heavy atom. The second-order valence-corrected chi connectivity index (χ2v) is 9.91. The van der Waals surface area contributed by atoms with Crippen LogP contribution in [0.15, 0.2) is 42.6 Å². The molecule has 1 aromatic heterocycles. The van der Waals surface area contributed by atoms with Crippen LogP contribution in [0.4, 0.5) is 4.39 Å². The number of nitrogens with one attached hydrogen (secondary N) is 2. The van der Waals surface area contributed by atoms with E-state index in [1.54, 1.807) is 16.9 Å². The van der Waals surface area contributed by atoms with E-state index < -0.39 is 6.04 Å². The number of hydrogen-bond donors (Lipinski definition) is 2. The van der Waals surface area contributed by atoms with Gasteiger partial charge in [0.25, 0.3) is 0 Å². The summed E-state index contributed by atoms with van der Waals surface area (Å²) in [5.41, 5.74) is 3.06. The Morgan fingerprint density at radius 3 is 2.85 bits per heavy atom. The van der Waals surface area contributed by atoms with E-state index >= 15 is 0 Å². The molecule has 2 aliphatic carbocycles. The molecule has 3 fully saturated rings. The van der Waals surface area contributed by atoms with Crippen molar-refractivity contribution in [2.75, 3.05) is 0 Å². The van der Waals surface area contributed by atoms with Crippen LogP contribution in [0.5, 0.6) is 0 Å². The van der Waals surface area contributed by atoms with Crippen LogP contribution in [0.1, 0.15) is 18.9 Å². The van der Waals surface area contributed by atoms with E-state index in [0.29, 0.717) is 29.4 Å². The van der Waals surface area contributed by atoms with E-state index in [9.17, 15) is 14.4 Å². The number of carbonyl (C=O) groups is 1. The summed E-state index contributed by atoms with van der Waals surface area (Å²) in [6, 6.07) is 12.5. The Morgan fingerprint density at radius 1 is 1.30 bits per heavy atom. The Hall–Kier alpha value is -3.24. The molecule has 1 aliphatic heterocycles. The van der Waals surface area contributed by atoms with Crippen molar-refractivity contribution in [1.82, 2.24) is 20.4 Å². The average molecular weight is 444 g/mol. The summed E-state index contributed by atoms with van der Waals surface area (Å²) in [6.45, 7) is 2.26. The van der Waals surface area contributed by atoms with Crippen LogP contribution in [-0.4, -0.2) is 33.8 Å². The normalized spacial score (nSPS) is 30.1. The largest absolute Gasteiger partial charge is 0.339 e. The summed E-state index contributed by atoms with van der Waals surface area (Å²) in [7, 11) is 1.88. The van der Waals surface area contributed by atoms with Gasteiger partial charge in [0.2, 0.25) is 5.91 Å². The molecule has 0 radical (unpaired) electrons. The molecule has 2 bridgehead atoms. The first kappa shape index (κ1) is 20.4. The van der Waals surface area contributed by atoms with E-state index in [2.05, 4.69) is 28.7 Å². The lowest BCUT2D eigenvalue weighted by Crippen LogP contribution is -2.51. The van der Waals surface area contributed by atoms with Gasteiger partial charge in [0.15, 0.2) is 0 Å². The lowest BCUT2D eigenvalue weighted by atomic mass is 9.94. The number of piperidine rings is 1. The van der Waals surface area contributed by atoms with Crippen molar-refractivity contribution in [1.29, 1.82) is 5.26 Å². The summed E-state index contributed by atoms with van der Waals surface area (Å²) in [4.78, 5) is 12.9. The highest BCUT2D eigenvalue weighted by Gasteiger charge is 2.67. The van der Waals surface area contributed by atoms with Gasteiger partial charge in [-0.15, -0.1) is 0 Å². The first-order valence-corrected chi connectivity index (χ1v) is 11.6. The van der Waals surface area contributed by atoms with Gasteiger partial charge in [0, 0.05) is 24.9 Å². The number of nitrogens with zero attached hydrogens (tertiary/aromatic N) is 3. The van der Waals surface area contributed by atoms with Gasteiger partial charge >= 0.3 is 0 Å². The number of fused-ring (bicyclic) bond motifs is 6. The molecular weight excluding hydrogens is 417 g/mol. The lowest BCUT2D eigenvalue weighted by Gasteiger charge is -2.23. The number of halogens is 1. The summed E-state index contributed by atoms with van der Waals surface area (Å²) in [6.07, 6.45) is 2.99. The fourth-order valence-electron chi connectivity index (χ4n) is 6.43. The van der Waals surface area contributed by atoms with Crippen LogP contribution in [0.25, 0.3) is 22.0 Å². The number of benzene rings is 2. The molecule has 1 saturated heterocycles. The van der Waals surface area contributed by atoms with E-state index in [0.717, 1.165) is 34.4 Å². The molecule has 7 atom stereocenters. The van der Waals surface area contributed by atoms with Crippen LogP contribution < -0.4 is 10.6 Å². The summed E-state index contributed by atoms with van der Waals surface area (Å²) < 4.78 is 16.8. The molecule has 2 heterocycles. The van der Waals surface area contributed by atoms with Gasteiger partial charge in [-0.05, 0) is 58.9 Å². The molecule has 3 aromatic rings. The molecule has 33 heavy (non-hydrogen) atoms. The van der Waals surface area contributed by atoms with Crippen LogP contribution in [0.2, 0.25) is 0 Å². The zero-order valence-electron chi connectivity index (χ0n) is 18.6. The third-order valence-electron chi connectivity index (χ3n) is 8.14. The zero-order chi connectivity index (χ0) is 22.9. The maximum Gasteiger partial charge on any atom is 0.238 e. The second kappa shape index (κ2) is 7.39. The van der Waals surface area contributed by atoms with Gasteiger partial charge in [-0.2, -0.15) is 10.4 Å². The van der Waals surface area contributed by atoms with Gasteiger partial charge in [0.05, 0.1) is 23.8 Å². The van der Waals surface area contributed by atoms with Gasteiger partial charge < -0.3 is 10.6 Å². The van der Waals surface area contributed by atoms with Gasteiger partial charge in [-0.1, -0.05) is 31.2 Å². The van der Waals surface area contributed by atoms with Crippen molar-refractivity contribution in [2.24, 2.45) is 30.7 Å². The fourth-order valence-corrected chi connectivity index (χ4v) is 6.43. The fraction of sp³-hybridized carbons (Fsp3) is 0.423. The molecule has 6 nitrogen and oxygen atoms in total. The molecule has 7 heteroatoms. The first-order chi connectivity index (χ1) is 15.9. The minimum absolute atomic E-state index is 0.131. The smallest absolute Gasteiger partial charge is 0.238 e. The van der Waals surface area contributed by atoms with Crippen LogP contribution in [-0.2, 0) is 18.3 Å². The van der Waals surface area contributed by atoms with Gasteiger partial charge in [0.1, 0.15) is 11.9 Å². The van der Waals surface area contributed by atoms with Crippen molar-refractivity contribution in [3.63, 3.8) is 0 Å². The minimum Gasteiger partial charge on any atom is -0.339 e. The number of rotatable bonds is 5. The summed E-state index contributed by atoms with van der Waals surface area (Å²) in [5.74, 6) is 1.91. The Balaban J connectivity index is 1.15. The first-order valence-electron chi connectivity index (χ1n) is 11.6. The van der Waals surface area contributed by atoms with Crippen molar-refractivity contribution >= 4 is 16.8 Å². The summed E-state index contributed by atoms with van der Waals surface area (Å²) >= 11 is 0. The molecule has 2 N–H and O–H groups in total. The lowest BCUT2D eigenvalue weighted by molar-refractivity contribution is -0.124. The van der Waals surface area contributed by atoms with Crippen LogP contribution >= 0.6 is 0 Å². The third-order valence-corrected chi connectivity index (χ3v) is 8.14. The Kier molecular flexibility index (Phi) is 4.56. The molecule has 3 unspecified atom stereocenters. The van der Waals surface area contributed by atoms with Crippen LogP contribution in [0, 0.1) is 40.8 Å². The van der Waals surface area contributed by atoms with Gasteiger partial charge in [-0.25, -0.2) is 4.39 Å². The molecule has 2 aromatic carbocycles. The minimum atomic E-state index is -0.767. The number of carbonyl (C=O) groups excluding carboxylic acids is 1. The SMILES string of the molecule is CC1C2C1[C@H]1C[C@@H]2N[C@@H]1C(=O)N[C@H](C#N)Cc1ccc(-c2ccc3cnn(C)c3c2)cc1F. The zero-order valence-corrected chi connectivity index (χ0v) is 18.6. The predicted molar refractivity (Wildman–Crippen MR) is 122 cm³/mol. The van der Waals surface area contributed by atoms with E-state index in [4.69, 9.17) is 0 Å². The number of aromatic nitrogens is 2. The Bertz CT molecular complexity index is 1310. The van der Waals surface area contributed by atoms with Gasteiger partial charge in [-0.3, -0.25) is 9.48 Å². The predicted octanol–water partition coefficient (Wildman–Crippen LogP) is 3.17. The number of hydrogen-bond acceptors (Lipinski definition) is 4. The number of amides is 1. The molecule has 168 valence electrons. The molecule has 3 aliphatic rings. The van der Waals surface area contributed by atoms with Crippen molar-refractivity contribution in [3.8, 4) is 17.2 Å². The third kappa shape index (κ3) is 3.24. The van der Waals surface area contributed by atoms with Crippen LogP contribution in [0.3, 0.4) is 0 Å². The highest BCUT2D eigenvalue weighted by Crippen LogP contribution is 2.64. The highest BCUT2D eigenvalue weighted by atomic mass is 19.1. The number of nitriles is 1. The molecule has 6 rings (SSSR count). The molecule has 2 saturated carbocycles. The molecule has 0 spiro atoms. The number of aryl methyl sites for hydroxylation is 1. The second-order valence-electron chi connectivity index (χ2n) is 9.91. The summed E-state index contributed by atoms with van der Waals surface area (Å²) in [5, 5.41) is 21.2. The molecular formula is C26H26FN5O. The average Bonchev–Trinajstić information content (AvgIpc) is 3.16. The topological polar surface area (TPSA) is 82.7 Å². The maximum absolute atomic E-state index is 15.0. The van der Waals surface area contributed by atoms with Crippen molar-refractivity contribution in [3.05, 3.63) is 54.0 Å². The highest BCUT2D eigenvalue weighted by molar-refractivity contribution is 5.85. The van der Waals surface area contributed by atoms with E-state index in [1.165, 1.54) is 6.07 Å². The Labute approximate surface area is 191 Å². The standard InChI is InChI=1S/C26H26FN5O/c1-13-23-19-10-21(24(13)23)31-25(19)26(33)30-18(11-28)7-16-5-3-14(8-20(16)27)15-4-6-17-12-29-32(2)22(17)9-15/h3-6,8-9,12-13,18-19,21,23-25,31H,7,10H2,1-2H3,(H,30,33)/t13?,18-,19+,21-,23?,24?,25-/m0/s1. The maximum atomic E-state index is 15.0. The van der Waals surface area contributed by atoms with E-state index in [-0.39, 0.29) is 24.2 Å². The van der Waals surface area contributed by atoms with E-state index in [1.807, 2.05) is 31.3 Å². The van der Waals surface area contributed by atoms with Crippen molar-refractivity contribution < 1.29 is 9.18 Å². The van der Waals surface area contributed by atoms with Crippen molar-refractivity contribution in [2.45, 2.75) is 37.9 Å². The molecule has 1 amide bonds. The quantitative estimate of drug-likeness (QED) is 0.635. The monoisotopic (exact) mass is 443 g/mol.